The minimum atomic E-state index is -0.981. The number of imide groups is 2. The van der Waals surface area contributed by atoms with Crippen molar-refractivity contribution in [3.05, 3.63) is 29.3 Å². The smallest absolute Gasteiger partial charge is 0.262 e. The van der Waals surface area contributed by atoms with Crippen molar-refractivity contribution < 1.29 is 32.8 Å². The minimum absolute atomic E-state index is 0.0831. The van der Waals surface area contributed by atoms with Crippen molar-refractivity contribution in [2.75, 3.05) is 26.4 Å². The van der Waals surface area contributed by atoms with Crippen LogP contribution in [0.1, 0.15) is 33.6 Å². The summed E-state index contributed by atoms with van der Waals surface area (Å²) in [5.74, 6) is -1.73. The SMILES string of the molecule is O=C1CCC(N2C(=O)c3ccc(OCCOCCOSI)cc3C2=O)C(=O)N1. The number of fused-ring (bicyclic) bond motifs is 1. The fraction of sp³-hybridized carbons (Fsp3) is 0.412. The summed E-state index contributed by atoms with van der Waals surface area (Å²) in [5.41, 5.74) is 0.396. The summed E-state index contributed by atoms with van der Waals surface area (Å²) >= 11 is 2.02. The average molecular weight is 520 g/mol. The molecule has 1 saturated heterocycles. The molecular weight excluding hydrogens is 503 g/mol. The largest absolute Gasteiger partial charge is 0.491 e. The number of carbonyl (C=O) groups excluding carboxylic acids is 4. The van der Waals surface area contributed by atoms with Crippen molar-refractivity contribution in [1.82, 2.24) is 10.2 Å². The number of halogens is 1. The van der Waals surface area contributed by atoms with E-state index in [4.69, 9.17) is 13.7 Å². The lowest BCUT2D eigenvalue weighted by molar-refractivity contribution is -0.136. The summed E-state index contributed by atoms with van der Waals surface area (Å²) in [5, 5.41) is 2.16. The quantitative estimate of drug-likeness (QED) is 0.226. The van der Waals surface area contributed by atoms with Gasteiger partial charge in [0, 0.05) is 27.6 Å². The van der Waals surface area contributed by atoms with Gasteiger partial charge in [0.15, 0.2) is 0 Å². The Bertz CT molecular complexity index is 804. The molecule has 4 amide bonds. The predicted molar refractivity (Wildman–Crippen MR) is 107 cm³/mol. The van der Waals surface area contributed by atoms with Crippen LogP contribution in [0.25, 0.3) is 0 Å². The molecule has 0 bridgehead atoms. The van der Waals surface area contributed by atoms with E-state index < -0.39 is 29.7 Å². The molecule has 2 aliphatic rings. The fourth-order valence-electron chi connectivity index (χ4n) is 2.98. The third kappa shape index (κ3) is 4.64. The van der Waals surface area contributed by atoms with Gasteiger partial charge in [-0.2, -0.15) is 0 Å². The van der Waals surface area contributed by atoms with Crippen LogP contribution in [0.5, 0.6) is 5.75 Å². The summed E-state index contributed by atoms with van der Waals surface area (Å²) in [7, 11) is 1.24. The molecule has 1 unspecified atom stereocenters. The van der Waals surface area contributed by atoms with Gasteiger partial charge in [-0.05, 0) is 24.6 Å². The third-order valence-electron chi connectivity index (χ3n) is 4.26. The van der Waals surface area contributed by atoms with E-state index in [2.05, 4.69) is 5.32 Å². The van der Waals surface area contributed by atoms with Crippen LogP contribution in [0.15, 0.2) is 18.2 Å². The molecule has 150 valence electrons. The van der Waals surface area contributed by atoms with E-state index in [1.54, 1.807) is 6.07 Å². The summed E-state index contributed by atoms with van der Waals surface area (Å²) in [6.07, 6.45) is 0.205. The molecule has 3 rings (SSSR count). The minimum Gasteiger partial charge on any atom is -0.491 e. The monoisotopic (exact) mass is 520 g/mol. The Labute approximate surface area is 177 Å². The molecule has 2 aliphatic heterocycles. The zero-order chi connectivity index (χ0) is 20.1. The number of ether oxygens (including phenoxy) is 2. The molecule has 9 nitrogen and oxygen atoms in total. The summed E-state index contributed by atoms with van der Waals surface area (Å²) < 4.78 is 16.0. The molecule has 1 N–H and O–H groups in total. The second-order valence-electron chi connectivity index (χ2n) is 6.00. The Balaban J connectivity index is 1.60. The number of amides is 4. The van der Waals surface area contributed by atoms with E-state index in [1.807, 2.05) is 21.2 Å². The maximum absolute atomic E-state index is 12.7. The zero-order valence-electron chi connectivity index (χ0n) is 14.6. The molecule has 11 heteroatoms. The molecule has 1 aromatic carbocycles. The number of nitrogens with zero attached hydrogens (tertiary/aromatic N) is 1. The average Bonchev–Trinajstić information content (AvgIpc) is 2.92. The maximum Gasteiger partial charge on any atom is 0.262 e. The van der Waals surface area contributed by atoms with Crippen LogP contribution in [-0.4, -0.2) is 61.0 Å². The Hall–Kier alpha value is -1.70. The van der Waals surface area contributed by atoms with E-state index >= 15 is 0 Å². The molecular formula is C17H17IN2O7S. The number of nitrogens with one attached hydrogen (secondary N) is 1. The lowest BCUT2D eigenvalue weighted by atomic mass is 10.0. The van der Waals surface area contributed by atoms with Gasteiger partial charge >= 0.3 is 0 Å². The number of hydrogen-bond acceptors (Lipinski definition) is 8. The van der Waals surface area contributed by atoms with Gasteiger partial charge in [-0.3, -0.25) is 29.4 Å². The van der Waals surface area contributed by atoms with E-state index in [1.165, 1.54) is 21.3 Å². The molecule has 1 aromatic rings. The van der Waals surface area contributed by atoms with Crippen LogP contribution in [0.2, 0.25) is 0 Å². The third-order valence-corrected chi connectivity index (χ3v) is 5.28. The van der Waals surface area contributed by atoms with Crippen LogP contribution < -0.4 is 10.1 Å². The van der Waals surface area contributed by atoms with Crippen LogP contribution in [0.3, 0.4) is 0 Å². The molecule has 0 aromatic heterocycles. The van der Waals surface area contributed by atoms with Gasteiger partial charge in [-0.15, -0.1) is 0 Å². The maximum atomic E-state index is 12.7. The van der Waals surface area contributed by atoms with E-state index in [-0.39, 0.29) is 30.6 Å². The predicted octanol–water partition coefficient (Wildman–Crippen LogP) is 1.50. The topological polar surface area (TPSA) is 111 Å². The number of carbonyl (C=O) groups is 4. The highest BCUT2D eigenvalue weighted by molar-refractivity contribution is 14.2. The molecule has 2 heterocycles. The molecule has 0 aliphatic carbocycles. The van der Waals surface area contributed by atoms with Gasteiger partial charge in [-0.1, -0.05) is 0 Å². The zero-order valence-corrected chi connectivity index (χ0v) is 17.6. The number of benzene rings is 1. The standard InChI is InChI=1S/C17H17IN2O7S/c18-28-27-8-6-25-5-7-26-10-1-2-11-12(9-10)17(24)20(16(11)23)13-3-4-14(21)19-15(13)22/h1-2,9,13H,3-8H2,(H,19,21,22). The first-order valence-electron chi connectivity index (χ1n) is 8.49. The number of hydrogen-bond donors (Lipinski definition) is 1. The first-order valence-corrected chi connectivity index (χ1v) is 11.8. The summed E-state index contributed by atoms with van der Waals surface area (Å²) in [4.78, 5) is 49.6. The van der Waals surface area contributed by atoms with Crippen LogP contribution in [0.4, 0.5) is 0 Å². The first-order chi connectivity index (χ1) is 13.5. The summed E-state index contributed by atoms with van der Waals surface area (Å²) in [6, 6.07) is 3.60. The highest BCUT2D eigenvalue weighted by atomic mass is 127. The summed E-state index contributed by atoms with van der Waals surface area (Å²) in [6.45, 7) is 1.54. The Morgan fingerprint density at radius 1 is 1.07 bits per heavy atom. The van der Waals surface area contributed by atoms with Gasteiger partial charge in [0.25, 0.3) is 11.8 Å². The molecule has 0 spiro atoms. The second-order valence-corrected chi connectivity index (χ2v) is 7.44. The Morgan fingerprint density at radius 2 is 1.82 bits per heavy atom. The van der Waals surface area contributed by atoms with Crippen molar-refractivity contribution in [3.8, 4) is 5.75 Å². The van der Waals surface area contributed by atoms with Gasteiger partial charge in [-0.25, -0.2) is 0 Å². The Morgan fingerprint density at radius 3 is 2.57 bits per heavy atom. The van der Waals surface area contributed by atoms with Crippen LogP contribution in [0, 0.1) is 0 Å². The second kappa shape index (κ2) is 9.67. The van der Waals surface area contributed by atoms with Crippen molar-refractivity contribution in [2.24, 2.45) is 0 Å². The number of rotatable bonds is 9. The number of piperidine rings is 1. The normalized spacial score (nSPS) is 19.0. The highest BCUT2D eigenvalue weighted by Crippen LogP contribution is 2.30. The van der Waals surface area contributed by atoms with Gasteiger partial charge in [0.05, 0.1) is 40.2 Å². The van der Waals surface area contributed by atoms with Gasteiger partial charge in [0.1, 0.15) is 18.4 Å². The highest BCUT2D eigenvalue weighted by Gasteiger charge is 2.44. The Kier molecular flexibility index (Phi) is 7.26. The van der Waals surface area contributed by atoms with E-state index in [0.717, 1.165) is 4.90 Å². The van der Waals surface area contributed by atoms with Crippen molar-refractivity contribution in [1.29, 1.82) is 0 Å². The van der Waals surface area contributed by atoms with Crippen molar-refractivity contribution >= 4 is 54.0 Å². The van der Waals surface area contributed by atoms with Gasteiger partial charge < -0.3 is 13.7 Å². The van der Waals surface area contributed by atoms with Gasteiger partial charge in [0.2, 0.25) is 11.8 Å². The lowest BCUT2D eigenvalue weighted by Gasteiger charge is -2.27. The van der Waals surface area contributed by atoms with E-state index in [0.29, 0.717) is 25.6 Å². The van der Waals surface area contributed by atoms with Crippen LogP contribution >= 0.6 is 30.4 Å². The molecule has 0 saturated carbocycles. The lowest BCUT2D eigenvalue weighted by Crippen LogP contribution is -2.54. The van der Waals surface area contributed by atoms with Crippen LogP contribution in [-0.2, 0) is 18.5 Å². The van der Waals surface area contributed by atoms with Crippen molar-refractivity contribution in [2.45, 2.75) is 18.9 Å². The molecule has 0 radical (unpaired) electrons. The first kappa shape index (κ1) is 21.0. The molecule has 1 fully saturated rings. The van der Waals surface area contributed by atoms with E-state index in [9.17, 15) is 19.2 Å². The molecule has 1 atom stereocenters. The fourth-order valence-corrected chi connectivity index (χ4v) is 3.66. The molecule has 28 heavy (non-hydrogen) atoms. The van der Waals surface area contributed by atoms with Crippen molar-refractivity contribution in [3.63, 3.8) is 0 Å².